The standard InChI is InChI=1S/C7H15NO/c1-3-7-6(2)9-5-4-8-7/h6-8H,3-5H2,1-2H3/t6-,7-/m1/s1. The molecule has 0 unspecified atom stereocenters. The lowest BCUT2D eigenvalue weighted by molar-refractivity contribution is 0.00731. The van der Waals surface area contributed by atoms with Gasteiger partial charge >= 0.3 is 0 Å². The Morgan fingerprint density at radius 1 is 1.67 bits per heavy atom. The van der Waals surface area contributed by atoms with Gasteiger partial charge in [0, 0.05) is 12.6 Å². The van der Waals surface area contributed by atoms with E-state index in [4.69, 9.17) is 4.74 Å². The molecule has 0 saturated carbocycles. The predicted molar refractivity (Wildman–Crippen MR) is 37.5 cm³/mol. The van der Waals surface area contributed by atoms with E-state index in [1.54, 1.807) is 0 Å². The first kappa shape index (κ1) is 7.03. The maximum Gasteiger partial charge on any atom is 0.0700 e. The fourth-order valence-corrected chi connectivity index (χ4v) is 1.25. The van der Waals surface area contributed by atoms with E-state index in [9.17, 15) is 0 Å². The van der Waals surface area contributed by atoms with Crippen LogP contribution in [-0.2, 0) is 4.74 Å². The van der Waals surface area contributed by atoms with Crippen LogP contribution in [0.5, 0.6) is 0 Å². The largest absolute Gasteiger partial charge is 0.376 e. The predicted octanol–water partition coefficient (Wildman–Crippen LogP) is 0.773. The summed E-state index contributed by atoms with van der Waals surface area (Å²) in [6.07, 6.45) is 1.57. The first-order chi connectivity index (χ1) is 4.34. The zero-order valence-corrected chi connectivity index (χ0v) is 6.18. The summed E-state index contributed by atoms with van der Waals surface area (Å²) in [4.78, 5) is 0. The second kappa shape index (κ2) is 3.18. The fraction of sp³-hybridized carbons (Fsp3) is 1.00. The number of rotatable bonds is 1. The van der Waals surface area contributed by atoms with E-state index in [1.807, 2.05) is 0 Å². The Bertz CT molecular complexity index is 85.0. The molecule has 0 aliphatic carbocycles. The Labute approximate surface area is 56.6 Å². The first-order valence-electron chi connectivity index (χ1n) is 3.69. The van der Waals surface area contributed by atoms with Crippen molar-refractivity contribution in [1.29, 1.82) is 0 Å². The summed E-state index contributed by atoms with van der Waals surface area (Å²) in [5.41, 5.74) is 0. The van der Waals surface area contributed by atoms with Crippen molar-refractivity contribution in [2.24, 2.45) is 0 Å². The van der Waals surface area contributed by atoms with E-state index in [0.29, 0.717) is 12.1 Å². The topological polar surface area (TPSA) is 21.3 Å². The summed E-state index contributed by atoms with van der Waals surface area (Å²) in [5, 5.41) is 3.39. The number of nitrogens with one attached hydrogen (secondary N) is 1. The van der Waals surface area contributed by atoms with Crippen molar-refractivity contribution in [2.45, 2.75) is 32.4 Å². The highest BCUT2D eigenvalue weighted by atomic mass is 16.5. The van der Waals surface area contributed by atoms with E-state index >= 15 is 0 Å². The molecule has 0 aromatic heterocycles. The van der Waals surface area contributed by atoms with Gasteiger partial charge in [-0.05, 0) is 13.3 Å². The van der Waals surface area contributed by atoms with Gasteiger partial charge in [0.15, 0.2) is 0 Å². The van der Waals surface area contributed by atoms with Gasteiger partial charge in [-0.2, -0.15) is 0 Å². The van der Waals surface area contributed by atoms with Gasteiger partial charge in [0.1, 0.15) is 0 Å². The average Bonchev–Trinajstić information content (AvgIpc) is 1.89. The van der Waals surface area contributed by atoms with E-state index < -0.39 is 0 Å². The molecular weight excluding hydrogens is 114 g/mol. The Balaban J connectivity index is 2.30. The summed E-state index contributed by atoms with van der Waals surface area (Å²) in [6.45, 7) is 6.20. The number of morpholine rings is 1. The molecule has 0 bridgehead atoms. The van der Waals surface area contributed by atoms with Gasteiger partial charge in [-0.1, -0.05) is 6.92 Å². The van der Waals surface area contributed by atoms with Crippen molar-refractivity contribution in [3.63, 3.8) is 0 Å². The maximum absolute atomic E-state index is 5.42. The van der Waals surface area contributed by atoms with Crippen LogP contribution in [0.4, 0.5) is 0 Å². The van der Waals surface area contributed by atoms with Gasteiger partial charge in [-0.15, -0.1) is 0 Å². The molecule has 0 amide bonds. The molecule has 1 aliphatic rings. The second-order valence-electron chi connectivity index (χ2n) is 2.54. The molecule has 9 heavy (non-hydrogen) atoms. The molecule has 2 nitrogen and oxygen atoms in total. The smallest absolute Gasteiger partial charge is 0.0700 e. The number of ether oxygens (including phenoxy) is 1. The first-order valence-corrected chi connectivity index (χ1v) is 3.69. The highest BCUT2D eigenvalue weighted by Gasteiger charge is 2.18. The third-order valence-electron chi connectivity index (χ3n) is 1.90. The van der Waals surface area contributed by atoms with Crippen LogP contribution in [0.25, 0.3) is 0 Å². The van der Waals surface area contributed by atoms with Crippen LogP contribution in [0.15, 0.2) is 0 Å². The normalized spacial score (nSPS) is 36.7. The van der Waals surface area contributed by atoms with Gasteiger partial charge < -0.3 is 10.1 Å². The van der Waals surface area contributed by atoms with Gasteiger partial charge in [0.2, 0.25) is 0 Å². The molecule has 1 saturated heterocycles. The Morgan fingerprint density at radius 2 is 2.44 bits per heavy atom. The molecule has 1 heterocycles. The monoisotopic (exact) mass is 129 g/mol. The minimum absolute atomic E-state index is 0.406. The molecule has 0 aromatic carbocycles. The fourth-order valence-electron chi connectivity index (χ4n) is 1.25. The van der Waals surface area contributed by atoms with E-state index in [1.165, 1.54) is 6.42 Å². The van der Waals surface area contributed by atoms with Gasteiger partial charge in [0.05, 0.1) is 12.7 Å². The molecule has 0 radical (unpaired) electrons. The zero-order chi connectivity index (χ0) is 6.69. The average molecular weight is 129 g/mol. The Morgan fingerprint density at radius 3 is 2.89 bits per heavy atom. The van der Waals surface area contributed by atoms with Crippen molar-refractivity contribution >= 4 is 0 Å². The Hall–Kier alpha value is -0.0800. The molecule has 1 N–H and O–H groups in total. The maximum atomic E-state index is 5.42. The van der Waals surface area contributed by atoms with Crippen molar-refractivity contribution in [2.75, 3.05) is 13.2 Å². The summed E-state index contributed by atoms with van der Waals surface area (Å²) >= 11 is 0. The molecule has 0 aromatic rings. The highest BCUT2D eigenvalue weighted by Crippen LogP contribution is 2.05. The van der Waals surface area contributed by atoms with Crippen molar-refractivity contribution < 1.29 is 4.74 Å². The van der Waals surface area contributed by atoms with E-state index in [2.05, 4.69) is 19.2 Å². The van der Waals surface area contributed by atoms with Gasteiger partial charge in [-0.25, -0.2) is 0 Å². The zero-order valence-electron chi connectivity index (χ0n) is 6.18. The molecule has 2 atom stereocenters. The summed E-state index contributed by atoms with van der Waals surface area (Å²) < 4.78 is 5.42. The molecular formula is C7H15NO. The van der Waals surface area contributed by atoms with Crippen LogP contribution in [0.1, 0.15) is 20.3 Å². The van der Waals surface area contributed by atoms with E-state index in [0.717, 1.165) is 13.2 Å². The lowest BCUT2D eigenvalue weighted by Crippen LogP contribution is -2.46. The number of hydrogen-bond acceptors (Lipinski definition) is 2. The minimum Gasteiger partial charge on any atom is -0.376 e. The lowest BCUT2D eigenvalue weighted by atomic mass is 10.1. The quantitative estimate of drug-likeness (QED) is 0.564. The number of hydrogen-bond donors (Lipinski definition) is 1. The molecule has 0 spiro atoms. The second-order valence-corrected chi connectivity index (χ2v) is 2.54. The van der Waals surface area contributed by atoms with Gasteiger partial charge in [-0.3, -0.25) is 0 Å². The molecule has 54 valence electrons. The molecule has 1 aliphatic heterocycles. The van der Waals surface area contributed by atoms with Crippen LogP contribution in [0.2, 0.25) is 0 Å². The van der Waals surface area contributed by atoms with Crippen LogP contribution in [0.3, 0.4) is 0 Å². The van der Waals surface area contributed by atoms with Crippen LogP contribution >= 0.6 is 0 Å². The van der Waals surface area contributed by atoms with Crippen molar-refractivity contribution in [3.05, 3.63) is 0 Å². The van der Waals surface area contributed by atoms with E-state index in [-0.39, 0.29) is 0 Å². The summed E-state index contributed by atoms with van der Waals surface area (Å²) in [7, 11) is 0. The summed E-state index contributed by atoms with van der Waals surface area (Å²) in [6, 6.07) is 0.582. The molecule has 2 heteroatoms. The third kappa shape index (κ3) is 1.66. The third-order valence-corrected chi connectivity index (χ3v) is 1.90. The molecule has 1 rings (SSSR count). The van der Waals surface area contributed by atoms with Crippen LogP contribution in [-0.4, -0.2) is 25.3 Å². The SMILES string of the molecule is CC[C@H]1NCCO[C@@H]1C. The van der Waals surface area contributed by atoms with Gasteiger partial charge in [0.25, 0.3) is 0 Å². The lowest BCUT2D eigenvalue weighted by Gasteiger charge is -2.29. The minimum atomic E-state index is 0.406. The van der Waals surface area contributed by atoms with Crippen molar-refractivity contribution in [3.8, 4) is 0 Å². The summed E-state index contributed by atoms with van der Waals surface area (Å²) in [5.74, 6) is 0. The van der Waals surface area contributed by atoms with Crippen molar-refractivity contribution in [1.82, 2.24) is 5.32 Å². The van der Waals surface area contributed by atoms with Crippen LogP contribution < -0.4 is 5.32 Å². The van der Waals surface area contributed by atoms with Crippen LogP contribution in [0, 0.1) is 0 Å². The highest BCUT2D eigenvalue weighted by molar-refractivity contribution is 4.75. The molecule has 1 fully saturated rings. The Kier molecular flexibility index (Phi) is 2.49.